The third-order valence-corrected chi connectivity index (χ3v) is 3.02. The van der Waals surface area contributed by atoms with Gasteiger partial charge in [0.15, 0.2) is 6.23 Å². The standard InChI is InChI=1S/C8H8Cl3NO2S/c9-8(10,11)7(14)12-6(13)4-5-2-1-3-15-5/h1-3,7,14H,4H2,(H,12,13)/t7-/m0/s1. The van der Waals surface area contributed by atoms with Gasteiger partial charge >= 0.3 is 0 Å². The van der Waals surface area contributed by atoms with Crippen molar-refractivity contribution in [1.29, 1.82) is 0 Å². The molecule has 1 rings (SSSR count). The van der Waals surface area contributed by atoms with Gasteiger partial charge in [-0.25, -0.2) is 0 Å². The van der Waals surface area contributed by atoms with Crippen molar-refractivity contribution in [1.82, 2.24) is 5.32 Å². The monoisotopic (exact) mass is 287 g/mol. The van der Waals surface area contributed by atoms with Gasteiger partial charge in [0.25, 0.3) is 0 Å². The molecule has 2 N–H and O–H groups in total. The lowest BCUT2D eigenvalue weighted by Crippen LogP contribution is -2.44. The summed E-state index contributed by atoms with van der Waals surface area (Å²) in [6, 6.07) is 3.64. The number of amides is 1. The maximum atomic E-state index is 11.3. The Kier molecular flexibility index (Phi) is 4.67. The van der Waals surface area contributed by atoms with Crippen molar-refractivity contribution in [3.05, 3.63) is 22.4 Å². The molecule has 1 aromatic heterocycles. The fraction of sp³-hybridized carbons (Fsp3) is 0.375. The van der Waals surface area contributed by atoms with Crippen LogP contribution in [0.2, 0.25) is 0 Å². The second-order valence-corrected chi connectivity index (χ2v) is 6.17. The number of hydrogen-bond acceptors (Lipinski definition) is 3. The molecule has 15 heavy (non-hydrogen) atoms. The van der Waals surface area contributed by atoms with E-state index in [-0.39, 0.29) is 6.42 Å². The summed E-state index contributed by atoms with van der Waals surface area (Å²) < 4.78 is -1.91. The number of aliphatic hydroxyl groups excluding tert-OH is 1. The molecule has 1 amide bonds. The van der Waals surface area contributed by atoms with Gasteiger partial charge in [0.1, 0.15) is 0 Å². The summed E-state index contributed by atoms with van der Waals surface area (Å²) >= 11 is 17.6. The van der Waals surface area contributed by atoms with E-state index in [2.05, 4.69) is 5.32 Å². The van der Waals surface area contributed by atoms with Gasteiger partial charge in [-0.1, -0.05) is 40.9 Å². The molecule has 0 saturated carbocycles. The highest BCUT2D eigenvalue weighted by Crippen LogP contribution is 2.28. The van der Waals surface area contributed by atoms with E-state index in [1.807, 2.05) is 17.5 Å². The molecule has 1 aromatic rings. The number of rotatable bonds is 3. The Morgan fingerprint density at radius 3 is 2.73 bits per heavy atom. The van der Waals surface area contributed by atoms with Crippen LogP contribution in [0.1, 0.15) is 4.88 Å². The second-order valence-electron chi connectivity index (χ2n) is 2.77. The number of halogens is 3. The highest BCUT2D eigenvalue weighted by atomic mass is 35.6. The molecule has 0 fully saturated rings. The molecule has 0 aromatic carbocycles. The van der Waals surface area contributed by atoms with Gasteiger partial charge in [0, 0.05) is 4.88 Å². The van der Waals surface area contributed by atoms with Crippen molar-refractivity contribution in [3.8, 4) is 0 Å². The van der Waals surface area contributed by atoms with Crippen LogP contribution >= 0.6 is 46.1 Å². The highest BCUT2D eigenvalue weighted by Gasteiger charge is 2.31. The van der Waals surface area contributed by atoms with E-state index >= 15 is 0 Å². The zero-order valence-corrected chi connectivity index (χ0v) is 10.5. The third-order valence-electron chi connectivity index (χ3n) is 1.52. The summed E-state index contributed by atoms with van der Waals surface area (Å²) in [7, 11) is 0. The zero-order chi connectivity index (χ0) is 11.5. The number of carbonyl (C=O) groups is 1. The van der Waals surface area contributed by atoms with Crippen LogP contribution in [0.25, 0.3) is 0 Å². The van der Waals surface area contributed by atoms with Crippen LogP contribution in [-0.2, 0) is 11.2 Å². The first-order valence-corrected chi connectivity index (χ1v) is 5.97. The molecule has 1 atom stereocenters. The average Bonchev–Trinajstić information content (AvgIpc) is 2.54. The molecule has 0 spiro atoms. The van der Waals surface area contributed by atoms with E-state index in [1.54, 1.807) is 0 Å². The summed E-state index contributed by atoms with van der Waals surface area (Å²) in [5, 5.41) is 13.3. The topological polar surface area (TPSA) is 49.3 Å². The Labute approximate surface area is 106 Å². The van der Waals surface area contributed by atoms with E-state index in [0.717, 1.165) is 4.88 Å². The van der Waals surface area contributed by atoms with Crippen LogP contribution in [0, 0.1) is 0 Å². The van der Waals surface area contributed by atoms with E-state index in [0.29, 0.717) is 0 Å². The van der Waals surface area contributed by atoms with Gasteiger partial charge in [0.2, 0.25) is 9.70 Å². The molecule has 7 heteroatoms. The molecule has 0 aliphatic heterocycles. The van der Waals surface area contributed by atoms with E-state index in [1.165, 1.54) is 11.3 Å². The Hall–Kier alpha value is -0.000000000000000111. The predicted molar refractivity (Wildman–Crippen MR) is 62.5 cm³/mol. The summed E-state index contributed by atoms with van der Waals surface area (Å²) in [5.41, 5.74) is 0. The van der Waals surface area contributed by atoms with Gasteiger partial charge in [-0.2, -0.15) is 0 Å². The molecule has 0 saturated heterocycles. The lowest BCUT2D eigenvalue weighted by atomic mass is 10.3. The summed E-state index contributed by atoms with van der Waals surface area (Å²) in [6.45, 7) is 0. The van der Waals surface area contributed by atoms with Gasteiger partial charge in [-0.05, 0) is 11.4 Å². The lowest BCUT2D eigenvalue weighted by Gasteiger charge is -2.19. The molecular weight excluding hydrogens is 281 g/mol. The molecule has 84 valence electrons. The van der Waals surface area contributed by atoms with Crippen LogP contribution in [0.3, 0.4) is 0 Å². The molecule has 0 aliphatic carbocycles. The van der Waals surface area contributed by atoms with Gasteiger partial charge in [-0.15, -0.1) is 11.3 Å². The maximum absolute atomic E-state index is 11.3. The number of nitrogens with one attached hydrogen (secondary N) is 1. The van der Waals surface area contributed by atoms with Gasteiger partial charge in [-0.3, -0.25) is 4.79 Å². The van der Waals surface area contributed by atoms with Crippen molar-refractivity contribution in [2.75, 3.05) is 0 Å². The molecular formula is C8H8Cl3NO2S. The summed E-state index contributed by atoms with van der Waals surface area (Å²) in [6.07, 6.45) is -1.34. The van der Waals surface area contributed by atoms with E-state index in [4.69, 9.17) is 34.8 Å². The SMILES string of the molecule is O=C(Cc1cccs1)N[C@@H](O)C(Cl)(Cl)Cl. The fourth-order valence-electron chi connectivity index (χ4n) is 0.857. The Morgan fingerprint density at radius 2 is 2.27 bits per heavy atom. The van der Waals surface area contributed by atoms with Crippen molar-refractivity contribution in [2.45, 2.75) is 16.4 Å². The van der Waals surface area contributed by atoms with E-state index in [9.17, 15) is 9.90 Å². The third kappa shape index (κ3) is 4.57. The molecule has 0 bridgehead atoms. The zero-order valence-electron chi connectivity index (χ0n) is 7.41. The molecule has 0 unspecified atom stereocenters. The smallest absolute Gasteiger partial charge is 0.234 e. The average molecular weight is 289 g/mol. The molecule has 3 nitrogen and oxygen atoms in total. The van der Waals surface area contributed by atoms with Crippen LogP contribution in [0.5, 0.6) is 0 Å². The highest BCUT2D eigenvalue weighted by molar-refractivity contribution is 7.10. The largest absolute Gasteiger partial charge is 0.369 e. The Bertz CT molecular complexity index is 323. The summed E-state index contributed by atoms with van der Waals surface area (Å²) in [5.74, 6) is -0.392. The predicted octanol–water partition coefficient (Wildman–Crippen LogP) is 2.10. The Balaban J connectivity index is 2.43. The second kappa shape index (κ2) is 5.37. The fourth-order valence-corrected chi connectivity index (χ4v) is 1.72. The minimum Gasteiger partial charge on any atom is -0.369 e. The molecule has 1 heterocycles. The van der Waals surface area contributed by atoms with Crippen molar-refractivity contribution in [2.24, 2.45) is 0 Å². The molecule has 0 aliphatic rings. The maximum Gasteiger partial charge on any atom is 0.234 e. The Morgan fingerprint density at radius 1 is 1.60 bits per heavy atom. The summed E-state index contributed by atoms with van der Waals surface area (Å²) in [4.78, 5) is 12.2. The van der Waals surface area contributed by atoms with Crippen LogP contribution in [-0.4, -0.2) is 21.0 Å². The quantitative estimate of drug-likeness (QED) is 0.661. The van der Waals surface area contributed by atoms with Crippen molar-refractivity contribution in [3.63, 3.8) is 0 Å². The first-order chi connectivity index (χ1) is 6.89. The van der Waals surface area contributed by atoms with Crippen molar-refractivity contribution >= 4 is 52.0 Å². The number of aliphatic hydroxyl groups is 1. The van der Waals surface area contributed by atoms with Crippen LogP contribution in [0.15, 0.2) is 17.5 Å². The number of thiophene rings is 1. The van der Waals surface area contributed by atoms with E-state index < -0.39 is 15.9 Å². The van der Waals surface area contributed by atoms with Gasteiger partial charge < -0.3 is 10.4 Å². The minimum absolute atomic E-state index is 0.162. The lowest BCUT2D eigenvalue weighted by molar-refractivity contribution is -0.123. The van der Waals surface area contributed by atoms with Gasteiger partial charge in [0.05, 0.1) is 6.42 Å². The minimum atomic E-state index is -1.91. The van der Waals surface area contributed by atoms with Crippen LogP contribution in [0.4, 0.5) is 0 Å². The van der Waals surface area contributed by atoms with Crippen LogP contribution < -0.4 is 5.32 Å². The number of alkyl halides is 3. The number of carbonyl (C=O) groups excluding carboxylic acids is 1. The first kappa shape index (κ1) is 13.1. The normalized spacial score (nSPS) is 13.6. The van der Waals surface area contributed by atoms with Crippen molar-refractivity contribution < 1.29 is 9.90 Å². The first-order valence-electron chi connectivity index (χ1n) is 3.96. The molecule has 0 radical (unpaired) electrons. The number of hydrogen-bond donors (Lipinski definition) is 2.